The van der Waals surface area contributed by atoms with Gasteiger partial charge in [-0.05, 0) is 30.3 Å². The summed E-state index contributed by atoms with van der Waals surface area (Å²) in [6.45, 7) is 3.98. The van der Waals surface area contributed by atoms with E-state index in [2.05, 4.69) is 37.6 Å². The van der Waals surface area contributed by atoms with Crippen LogP contribution in [0.5, 0.6) is 0 Å². The van der Waals surface area contributed by atoms with Gasteiger partial charge < -0.3 is 20.1 Å². The van der Waals surface area contributed by atoms with Gasteiger partial charge in [-0.2, -0.15) is 4.98 Å². The fraction of sp³-hybridized carbons (Fsp3) is 0.208. The van der Waals surface area contributed by atoms with Crippen molar-refractivity contribution >= 4 is 51.6 Å². The molecule has 33 heavy (non-hydrogen) atoms. The first-order valence-electron chi connectivity index (χ1n) is 10.6. The lowest BCUT2D eigenvalue weighted by molar-refractivity contribution is 0.589. The average molecular weight is 481 g/mol. The molecule has 0 atom stereocenters. The van der Waals surface area contributed by atoms with Crippen LogP contribution in [0.4, 0.5) is 17.3 Å². The molecule has 0 spiro atoms. The minimum Gasteiger partial charge on any atom is -0.369 e. The lowest BCUT2D eigenvalue weighted by Gasteiger charge is -2.29. The number of pyridine rings is 1. The Bertz CT molecular complexity index is 1380. The highest BCUT2D eigenvalue weighted by Gasteiger charge is 2.16. The number of aryl methyl sites for hydroxylation is 1. The molecule has 1 aliphatic rings. The molecule has 0 radical (unpaired) electrons. The standard InChI is InChI=1S/C24H22Cl2N6O/c1-31-14-19(17-3-2-4-20(25)21(17)26)22(33)18-13-28-24(30-23(18)31)29-15-5-7-16(8-6-15)32-11-9-27-10-12-32/h2-8,13-14,27H,9-12H2,1H3,(H,28,29,30). The fourth-order valence-electron chi connectivity index (χ4n) is 4.03. The number of nitrogens with zero attached hydrogens (tertiary/aromatic N) is 4. The number of benzene rings is 2. The molecule has 9 heteroatoms. The molecule has 1 fully saturated rings. The van der Waals surface area contributed by atoms with Crippen LogP contribution in [0.25, 0.3) is 22.2 Å². The molecular weight excluding hydrogens is 459 g/mol. The predicted octanol–water partition coefficient (Wildman–Crippen LogP) is 4.46. The minimum atomic E-state index is -0.195. The maximum atomic E-state index is 13.2. The van der Waals surface area contributed by atoms with Crippen molar-refractivity contribution in [1.82, 2.24) is 19.9 Å². The maximum absolute atomic E-state index is 13.2. The zero-order valence-corrected chi connectivity index (χ0v) is 19.5. The maximum Gasteiger partial charge on any atom is 0.229 e. The molecule has 1 aliphatic heterocycles. The summed E-state index contributed by atoms with van der Waals surface area (Å²) in [6.07, 6.45) is 3.27. The van der Waals surface area contributed by atoms with Crippen molar-refractivity contribution in [3.05, 3.63) is 75.1 Å². The van der Waals surface area contributed by atoms with Crippen LogP contribution in [0.3, 0.4) is 0 Å². The van der Waals surface area contributed by atoms with Gasteiger partial charge in [-0.3, -0.25) is 4.79 Å². The Morgan fingerprint density at radius 2 is 1.79 bits per heavy atom. The highest BCUT2D eigenvalue weighted by atomic mass is 35.5. The third-order valence-electron chi connectivity index (χ3n) is 5.76. The zero-order valence-electron chi connectivity index (χ0n) is 18.0. The summed E-state index contributed by atoms with van der Waals surface area (Å²) in [5.74, 6) is 0.418. The van der Waals surface area contributed by atoms with Crippen LogP contribution in [-0.2, 0) is 7.05 Å². The van der Waals surface area contributed by atoms with E-state index in [0.717, 1.165) is 31.9 Å². The molecule has 0 aliphatic carbocycles. The molecule has 0 bridgehead atoms. The fourth-order valence-corrected chi connectivity index (χ4v) is 4.43. The van der Waals surface area contributed by atoms with Gasteiger partial charge in [-0.1, -0.05) is 35.3 Å². The Morgan fingerprint density at radius 3 is 2.55 bits per heavy atom. The Hall–Kier alpha value is -3.13. The molecule has 4 aromatic rings. The van der Waals surface area contributed by atoms with Crippen molar-refractivity contribution in [2.75, 3.05) is 36.4 Å². The smallest absolute Gasteiger partial charge is 0.229 e. The number of fused-ring (bicyclic) bond motifs is 1. The van der Waals surface area contributed by atoms with E-state index in [-0.39, 0.29) is 5.43 Å². The van der Waals surface area contributed by atoms with Crippen LogP contribution >= 0.6 is 23.2 Å². The number of piperazine rings is 1. The number of hydrogen-bond acceptors (Lipinski definition) is 6. The molecule has 5 rings (SSSR count). The molecule has 2 aromatic heterocycles. The molecule has 3 heterocycles. The minimum absolute atomic E-state index is 0.195. The van der Waals surface area contributed by atoms with E-state index in [1.54, 1.807) is 35.2 Å². The summed E-state index contributed by atoms with van der Waals surface area (Å²) in [6, 6.07) is 13.4. The normalized spacial score (nSPS) is 14.0. The molecular formula is C24H22Cl2N6O. The van der Waals surface area contributed by atoms with Gasteiger partial charge in [0.1, 0.15) is 5.65 Å². The van der Waals surface area contributed by atoms with Gasteiger partial charge in [-0.15, -0.1) is 0 Å². The van der Waals surface area contributed by atoms with Crippen molar-refractivity contribution in [2.24, 2.45) is 7.05 Å². The van der Waals surface area contributed by atoms with Crippen molar-refractivity contribution in [3.8, 4) is 11.1 Å². The van der Waals surface area contributed by atoms with Gasteiger partial charge in [0.2, 0.25) is 5.95 Å². The summed E-state index contributed by atoms with van der Waals surface area (Å²) in [5.41, 5.74) is 3.43. The lowest BCUT2D eigenvalue weighted by atomic mass is 10.1. The quantitative estimate of drug-likeness (QED) is 0.449. The van der Waals surface area contributed by atoms with E-state index < -0.39 is 0 Å². The molecule has 0 unspecified atom stereocenters. The van der Waals surface area contributed by atoms with Crippen LogP contribution in [0.1, 0.15) is 0 Å². The van der Waals surface area contributed by atoms with E-state index in [9.17, 15) is 4.79 Å². The van der Waals surface area contributed by atoms with Crippen LogP contribution in [0.15, 0.2) is 59.7 Å². The van der Waals surface area contributed by atoms with Crippen LogP contribution in [0.2, 0.25) is 10.0 Å². The van der Waals surface area contributed by atoms with Gasteiger partial charge in [0.05, 0.1) is 15.4 Å². The number of nitrogens with one attached hydrogen (secondary N) is 2. The second-order valence-electron chi connectivity index (χ2n) is 7.92. The third kappa shape index (κ3) is 4.27. The second-order valence-corrected chi connectivity index (χ2v) is 8.71. The van der Waals surface area contributed by atoms with E-state index in [1.165, 1.54) is 5.69 Å². The van der Waals surface area contributed by atoms with Gasteiger partial charge in [0.15, 0.2) is 5.43 Å². The largest absolute Gasteiger partial charge is 0.369 e. The van der Waals surface area contributed by atoms with Crippen LogP contribution < -0.4 is 21.0 Å². The van der Waals surface area contributed by atoms with Crippen LogP contribution in [-0.4, -0.2) is 40.7 Å². The number of anilines is 3. The lowest BCUT2D eigenvalue weighted by Crippen LogP contribution is -2.43. The Morgan fingerprint density at radius 1 is 1.03 bits per heavy atom. The number of hydrogen-bond donors (Lipinski definition) is 2. The topological polar surface area (TPSA) is 75.1 Å². The number of rotatable bonds is 4. The van der Waals surface area contributed by atoms with Gasteiger partial charge >= 0.3 is 0 Å². The van der Waals surface area contributed by atoms with Crippen LogP contribution in [0, 0.1) is 0 Å². The highest BCUT2D eigenvalue weighted by molar-refractivity contribution is 6.43. The monoisotopic (exact) mass is 480 g/mol. The SMILES string of the molecule is Cn1cc(-c2cccc(Cl)c2Cl)c(=O)c2cnc(Nc3ccc(N4CCNCC4)cc3)nc21. The first-order chi connectivity index (χ1) is 16.0. The van der Waals surface area contributed by atoms with Gasteiger partial charge in [0.25, 0.3) is 0 Å². The summed E-state index contributed by atoms with van der Waals surface area (Å²) < 4.78 is 1.80. The van der Waals surface area contributed by atoms with Crippen molar-refractivity contribution in [2.45, 2.75) is 0 Å². The first kappa shape index (κ1) is 21.7. The molecule has 1 saturated heterocycles. The Balaban J connectivity index is 1.45. The van der Waals surface area contributed by atoms with Crippen molar-refractivity contribution in [3.63, 3.8) is 0 Å². The Labute approximate surface area is 201 Å². The molecule has 168 valence electrons. The first-order valence-corrected chi connectivity index (χ1v) is 11.4. The summed E-state index contributed by atoms with van der Waals surface area (Å²) >= 11 is 12.5. The molecule has 0 amide bonds. The Kier molecular flexibility index (Phi) is 5.93. The molecule has 2 aromatic carbocycles. The van der Waals surface area contributed by atoms with Crippen molar-refractivity contribution < 1.29 is 0 Å². The number of halogens is 2. The highest BCUT2D eigenvalue weighted by Crippen LogP contribution is 2.32. The third-order valence-corrected chi connectivity index (χ3v) is 6.58. The van der Waals surface area contributed by atoms with E-state index in [4.69, 9.17) is 23.2 Å². The second kappa shape index (κ2) is 9.02. The summed E-state index contributed by atoms with van der Waals surface area (Å²) in [7, 11) is 1.84. The number of aromatic nitrogens is 3. The van der Waals surface area contributed by atoms with E-state index in [0.29, 0.717) is 38.2 Å². The van der Waals surface area contributed by atoms with E-state index in [1.807, 2.05) is 19.2 Å². The van der Waals surface area contributed by atoms with E-state index >= 15 is 0 Å². The van der Waals surface area contributed by atoms with Gasteiger partial charge in [-0.25, -0.2) is 4.98 Å². The summed E-state index contributed by atoms with van der Waals surface area (Å²) in [4.78, 5) is 24.5. The average Bonchev–Trinajstić information content (AvgIpc) is 2.84. The zero-order chi connectivity index (χ0) is 22.9. The predicted molar refractivity (Wildman–Crippen MR) is 135 cm³/mol. The molecule has 0 saturated carbocycles. The molecule has 2 N–H and O–H groups in total. The van der Waals surface area contributed by atoms with Crippen molar-refractivity contribution in [1.29, 1.82) is 0 Å². The molecule has 7 nitrogen and oxygen atoms in total. The summed E-state index contributed by atoms with van der Waals surface area (Å²) in [5, 5.41) is 7.74. The van der Waals surface area contributed by atoms with Gasteiger partial charge in [0, 0.05) is 68.1 Å².